The Kier molecular flexibility index (Phi) is 6.70. The molecule has 30 heavy (non-hydrogen) atoms. The predicted molar refractivity (Wildman–Crippen MR) is 107 cm³/mol. The summed E-state index contributed by atoms with van der Waals surface area (Å²) in [5, 5.41) is 5.27. The van der Waals surface area contributed by atoms with Crippen molar-refractivity contribution in [3.8, 4) is 0 Å². The molecule has 1 heterocycles. The van der Waals surface area contributed by atoms with Crippen LogP contribution in [0.4, 0.5) is 19.3 Å². The number of anilines is 1. The lowest BCUT2D eigenvalue weighted by atomic mass is 10.2. The fourth-order valence-corrected chi connectivity index (χ4v) is 3.57. The van der Waals surface area contributed by atoms with Gasteiger partial charge in [-0.05, 0) is 59.7 Å². The van der Waals surface area contributed by atoms with Gasteiger partial charge in [0, 0.05) is 37.2 Å². The van der Waals surface area contributed by atoms with Crippen molar-refractivity contribution in [2.75, 3.05) is 5.32 Å². The van der Waals surface area contributed by atoms with E-state index in [1.807, 2.05) is 0 Å². The maximum absolute atomic E-state index is 13.2. The molecule has 3 N–H and O–H groups in total. The molecule has 3 rings (SSSR count). The number of urea groups is 1. The lowest BCUT2D eigenvalue weighted by molar-refractivity contribution is 0.251. The zero-order valence-electron chi connectivity index (χ0n) is 15.6. The van der Waals surface area contributed by atoms with E-state index in [1.165, 1.54) is 24.3 Å². The van der Waals surface area contributed by atoms with Crippen LogP contribution in [-0.2, 0) is 23.1 Å². The first kappa shape index (κ1) is 21.3. The van der Waals surface area contributed by atoms with E-state index in [2.05, 4.69) is 20.3 Å². The first-order valence-corrected chi connectivity index (χ1v) is 10.3. The lowest BCUT2D eigenvalue weighted by Gasteiger charge is -2.10. The molecule has 0 atom stereocenters. The van der Waals surface area contributed by atoms with Gasteiger partial charge in [0.05, 0.1) is 4.90 Å². The van der Waals surface area contributed by atoms with Gasteiger partial charge in [-0.25, -0.2) is 26.7 Å². The summed E-state index contributed by atoms with van der Waals surface area (Å²) in [5.74, 6) is -1.58. The second-order valence-electron chi connectivity index (χ2n) is 6.29. The standard InChI is InChI=1S/C20H18F2N4O3S/c21-16-9-15(10-17(22)11-16)13-25-30(28,29)19-3-1-18(2-4-19)26-20(27)24-12-14-5-7-23-8-6-14/h1-11,25H,12-13H2,(H2,24,26,27). The number of hydrogen-bond acceptors (Lipinski definition) is 4. The van der Waals surface area contributed by atoms with Crippen molar-refractivity contribution in [2.45, 2.75) is 18.0 Å². The van der Waals surface area contributed by atoms with E-state index < -0.39 is 27.7 Å². The number of halogens is 2. The number of carbonyl (C=O) groups excluding carboxylic acids is 1. The molecule has 0 aliphatic heterocycles. The van der Waals surface area contributed by atoms with E-state index in [1.54, 1.807) is 24.5 Å². The van der Waals surface area contributed by atoms with E-state index in [0.29, 0.717) is 18.3 Å². The quantitative estimate of drug-likeness (QED) is 0.534. The molecule has 0 saturated carbocycles. The highest BCUT2D eigenvalue weighted by Gasteiger charge is 2.14. The normalized spacial score (nSPS) is 11.1. The molecule has 2 amide bonds. The number of aromatic nitrogens is 1. The monoisotopic (exact) mass is 432 g/mol. The molecule has 0 saturated heterocycles. The number of nitrogens with one attached hydrogen (secondary N) is 3. The number of carbonyl (C=O) groups is 1. The van der Waals surface area contributed by atoms with Gasteiger partial charge in [0.1, 0.15) is 11.6 Å². The van der Waals surface area contributed by atoms with Crippen molar-refractivity contribution in [2.24, 2.45) is 0 Å². The summed E-state index contributed by atoms with van der Waals surface area (Å²) < 4.78 is 53.4. The van der Waals surface area contributed by atoms with Crippen LogP contribution in [-0.4, -0.2) is 19.4 Å². The Morgan fingerprint density at radius 3 is 2.13 bits per heavy atom. The Labute approximate surface area is 172 Å². The lowest BCUT2D eigenvalue weighted by Crippen LogP contribution is -2.28. The topological polar surface area (TPSA) is 100 Å². The van der Waals surface area contributed by atoms with E-state index in [-0.39, 0.29) is 17.0 Å². The van der Waals surface area contributed by atoms with Crippen LogP contribution in [0.2, 0.25) is 0 Å². The third kappa shape index (κ3) is 6.06. The van der Waals surface area contributed by atoms with Crippen LogP contribution in [0.15, 0.2) is 71.9 Å². The molecule has 2 aromatic carbocycles. The minimum atomic E-state index is -3.90. The van der Waals surface area contributed by atoms with Crippen LogP contribution in [0, 0.1) is 11.6 Å². The van der Waals surface area contributed by atoms with Crippen LogP contribution in [0.3, 0.4) is 0 Å². The van der Waals surface area contributed by atoms with Crippen molar-refractivity contribution < 1.29 is 22.0 Å². The number of rotatable bonds is 7. The molecule has 1 aromatic heterocycles. The molecule has 0 radical (unpaired) electrons. The highest BCUT2D eigenvalue weighted by Crippen LogP contribution is 2.15. The highest BCUT2D eigenvalue weighted by molar-refractivity contribution is 7.89. The number of pyridine rings is 1. The summed E-state index contributed by atoms with van der Waals surface area (Å²) in [6.45, 7) is 0.0415. The average Bonchev–Trinajstić information content (AvgIpc) is 2.71. The number of hydrogen-bond donors (Lipinski definition) is 3. The van der Waals surface area contributed by atoms with E-state index in [0.717, 1.165) is 17.7 Å². The van der Waals surface area contributed by atoms with Crippen LogP contribution >= 0.6 is 0 Å². The minimum Gasteiger partial charge on any atom is -0.334 e. The highest BCUT2D eigenvalue weighted by atomic mass is 32.2. The summed E-state index contributed by atoms with van der Waals surface area (Å²) in [5.41, 5.74) is 1.43. The molecule has 7 nitrogen and oxygen atoms in total. The van der Waals surface area contributed by atoms with Gasteiger partial charge in [-0.3, -0.25) is 4.98 Å². The summed E-state index contributed by atoms with van der Waals surface area (Å²) in [4.78, 5) is 15.8. The Hall–Kier alpha value is -3.37. The van der Waals surface area contributed by atoms with Crippen molar-refractivity contribution in [3.05, 3.63) is 89.8 Å². The van der Waals surface area contributed by atoms with Gasteiger partial charge < -0.3 is 10.6 Å². The number of amides is 2. The Balaban J connectivity index is 1.56. The van der Waals surface area contributed by atoms with E-state index in [4.69, 9.17) is 0 Å². The summed E-state index contributed by atoms with van der Waals surface area (Å²) >= 11 is 0. The second kappa shape index (κ2) is 9.42. The molecular formula is C20H18F2N4O3S. The van der Waals surface area contributed by atoms with Crippen molar-refractivity contribution in [1.29, 1.82) is 0 Å². The zero-order chi connectivity index (χ0) is 21.6. The molecule has 0 aliphatic carbocycles. The number of benzene rings is 2. The first-order chi connectivity index (χ1) is 14.3. The molecule has 3 aromatic rings. The van der Waals surface area contributed by atoms with Crippen molar-refractivity contribution >= 4 is 21.7 Å². The van der Waals surface area contributed by atoms with Crippen molar-refractivity contribution in [1.82, 2.24) is 15.0 Å². The van der Waals surface area contributed by atoms with Gasteiger partial charge in [0.2, 0.25) is 10.0 Å². The zero-order valence-corrected chi connectivity index (χ0v) is 16.4. The molecule has 0 aliphatic rings. The van der Waals surface area contributed by atoms with Gasteiger partial charge in [0.25, 0.3) is 0 Å². The predicted octanol–water partition coefficient (Wildman–Crippen LogP) is 3.16. The fourth-order valence-electron chi connectivity index (χ4n) is 2.55. The molecule has 0 spiro atoms. The molecule has 10 heteroatoms. The smallest absolute Gasteiger partial charge is 0.319 e. The Morgan fingerprint density at radius 1 is 0.867 bits per heavy atom. The van der Waals surface area contributed by atoms with Gasteiger partial charge in [-0.2, -0.15) is 0 Å². The van der Waals surface area contributed by atoms with Crippen molar-refractivity contribution in [3.63, 3.8) is 0 Å². The maximum atomic E-state index is 13.2. The van der Waals surface area contributed by atoms with Crippen LogP contribution in [0.5, 0.6) is 0 Å². The largest absolute Gasteiger partial charge is 0.334 e. The Morgan fingerprint density at radius 2 is 1.50 bits per heavy atom. The third-order valence-electron chi connectivity index (χ3n) is 4.01. The number of sulfonamides is 1. The van der Waals surface area contributed by atoms with Crippen LogP contribution in [0.25, 0.3) is 0 Å². The third-order valence-corrected chi connectivity index (χ3v) is 5.43. The molecule has 156 valence electrons. The van der Waals surface area contributed by atoms with Gasteiger partial charge >= 0.3 is 6.03 Å². The second-order valence-corrected chi connectivity index (χ2v) is 8.06. The van der Waals surface area contributed by atoms with Gasteiger partial charge in [0.15, 0.2) is 0 Å². The average molecular weight is 432 g/mol. The Bertz CT molecular complexity index is 1100. The summed E-state index contributed by atoms with van der Waals surface area (Å²) in [7, 11) is -3.90. The van der Waals surface area contributed by atoms with Gasteiger partial charge in [-0.15, -0.1) is 0 Å². The summed E-state index contributed by atoms with van der Waals surface area (Å²) in [6, 6.07) is 11.4. The van der Waals surface area contributed by atoms with Gasteiger partial charge in [-0.1, -0.05) is 0 Å². The first-order valence-electron chi connectivity index (χ1n) is 8.80. The fraction of sp³-hybridized carbons (Fsp3) is 0.100. The number of nitrogens with zero attached hydrogens (tertiary/aromatic N) is 1. The van der Waals surface area contributed by atoms with Crippen LogP contribution < -0.4 is 15.4 Å². The summed E-state index contributed by atoms with van der Waals surface area (Å²) in [6.07, 6.45) is 3.24. The van der Waals surface area contributed by atoms with E-state index in [9.17, 15) is 22.0 Å². The maximum Gasteiger partial charge on any atom is 0.319 e. The minimum absolute atomic E-state index is 0.0536. The van der Waals surface area contributed by atoms with Crippen LogP contribution in [0.1, 0.15) is 11.1 Å². The molecular weight excluding hydrogens is 414 g/mol. The van der Waals surface area contributed by atoms with E-state index >= 15 is 0 Å². The SMILES string of the molecule is O=C(NCc1ccncc1)Nc1ccc(S(=O)(=O)NCc2cc(F)cc(F)c2)cc1. The molecule has 0 unspecified atom stereocenters. The molecule has 0 fully saturated rings. The molecule has 0 bridgehead atoms.